The molecule has 0 aliphatic carbocycles. The predicted octanol–water partition coefficient (Wildman–Crippen LogP) is 4.55. The van der Waals surface area contributed by atoms with E-state index in [1.165, 1.54) is 0 Å². The van der Waals surface area contributed by atoms with Gasteiger partial charge in [-0.25, -0.2) is 0 Å². The Balaban J connectivity index is 2.13. The fourth-order valence-electron chi connectivity index (χ4n) is 2.15. The Morgan fingerprint density at radius 1 is 0.913 bits per heavy atom. The second kappa shape index (κ2) is 7.99. The Morgan fingerprint density at radius 3 is 2.26 bits per heavy atom. The molecule has 0 N–H and O–H groups in total. The Labute approximate surface area is 136 Å². The van der Waals surface area contributed by atoms with E-state index in [0.717, 1.165) is 11.1 Å². The summed E-state index contributed by atoms with van der Waals surface area (Å²) in [4.78, 5) is 12.3. The van der Waals surface area contributed by atoms with Gasteiger partial charge in [0.1, 0.15) is 0 Å². The van der Waals surface area contributed by atoms with Crippen molar-refractivity contribution in [2.45, 2.75) is 6.92 Å². The molecule has 0 amide bonds. The number of rotatable bonds is 6. The number of hydrogen-bond acceptors (Lipinski definition) is 3. The summed E-state index contributed by atoms with van der Waals surface area (Å²) >= 11 is 0. The first-order chi connectivity index (χ1) is 11.1. The SMILES string of the molecule is COc1ccc(C(=O)/C=C/C(C)=C\c2ccccc2)cc1OC. The molecule has 0 aromatic heterocycles. The number of hydrogen-bond donors (Lipinski definition) is 0. The van der Waals surface area contributed by atoms with Crippen LogP contribution in [-0.2, 0) is 0 Å². The van der Waals surface area contributed by atoms with E-state index in [1.54, 1.807) is 38.5 Å². The Morgan fingerprint density at radius 2 is 1.61 bits per heavy atom. The molecule has 118 valence electrons. The minimum atomic E-state index is -0.0771. The first kappa shape index (κ1) is 16.6. The highest BCUT2D eigenvalue weighted by Gasteiger charge is 2.08. The van der Waals surface area contributed by atoms with Gasteiger partial charge in [0, 0.05) is 5.56 Å². The summed E-state index contributed by atoms with van der Waals surface area (Å²) in [5.74, 6) is 1.07. The van der Waals surface area contributed by atoms with Crippen molar-refractivity contribution in [1.29, 1.82) is 0 Å². The summed E-state index contributed by atoms with van der Waals surface area (Å²) in [7, 11) is 3.12. The molecular formula is C20H20O3. The maximum atomic E-state index is 12.3. The molecule has 0 aliphatic heterocycles. The van der Waals surface area contributed by atoms with Crippen LogP contribution in [0.2, 0.25) is 0 Å². The fourth-order valence-corrected chi connectivity index (χ4v) is 2.15. The average Bonchev–Trinajstić information content (AvgIpc) is 2.59. The molecule has 0 spiro atoms. The van der Waals surface area contributed by atoms with E-state index < -0.39 is 0 Å². The van der Waals surface area contributed by atoms with Crippen molar-refractivity contribution in [3.8, 4) is 11.5 Å². The molecule has 0 radical (unpaired) electrons. The van der Waals surface area contributed by atoms with Crippen LogP contribution >= 0.6 is 0 Å². The molecule has 0 atom stereocenters. The van der Waals surface area contributed by atoms with Crippen LogP contribution in [0.5, 0.6) is 11.5 Å². The lowest BCUT2D eigenvalue weighted by Crippen LogP contribution is -1.97. The zero-order valence-electron chi connectivity index (χ0n) is 13.6. The van der Waals surface area contributed by atoms with Gasteiger partial charge in [0.05, 0.1) is 14.2 Å². The van der Waals surface area contributed by atoms with E-state index in [-0.39, 0.29) is 5.78 Å². The van der Waals surface area contributed by atoms with Crippen molar-refractivity contribution in [1.82, 2.24) is 0 Å². The van der Waals surface area contributed by atoms with Gasteiger partial charge >= 0.3 is 0 Å². The Hall–Kier alpha value is -2.81. The summed E-state index contributed by atoms with van der Waals surface area (Å²) in [5, 5.41) is 0. The van der Waals surface area contributed by atoms with Crippen molar-refractivity contribution in [3.05, 3.63) is 77.4 Å². The second-order valence-corrected chi connectivity index (χ2v) is 5.07. The third-order valence-corrected chi connectivity index (χ3v) is 3.36. The van der Waals surface area contributed by atoms with Crippen molar-refractivity contribution < 1.29 is 14.3 Å². The van der Waals surface area contributed by atoms with Crippen molar-refractivity contribution in [2.75, 3.05) is 14.2 Å². The lowest BCUT2D eigenvalue weighted by atomic mass is 10.1. The van der Waals surface area contributed by atoms with E-state index >= 15 is 0 Å². The van der Waals surface area contributed by atoms with E-state index in [1.807, 2.05) is 49.4 Å². The van der Waals surface area contributed by atoms with Gasteiger partial charge in [-0.05, 0) is 36.8 Å². The van der Waals surface area contributed by atoms with Gasteiger partial charge in [-0.1, -0.05) is 48.1 Å². The number of carbonyl (C=O) groups is 1. The number of ketones is 1. The van der Waals surface area contributed by atoms with Gasteiger partial charge in [0.15, 0.2) is 17.3 Å². The Kier molecular flexibility index (Phi) is 5.75. The highest BCUT2D eigenvalue weighted by molar-refractivity contribution is 6.05. The molecule has 2 rings (SSSR count). The highest BCUT2D eigenvalue weighted by Crippen LogP contribution is 2.27. The maximum Gasteiger partial charge on any atom is 0.185 e. The lowest BCUT2D eigenvalue weighted by Gasteiger charge is -2.08. The van der Waals surface area contributed by atoms with Crippen LogP contribution in [0, 0.1) is 0 Å². The van der Waals surface area contributed by atoms with E-state index in [9.17, 15) is 4.79 Å². The number of benzene rings is 2. The standard InChI is InChI=1S/C20H20O3/c1-15(13-16-7-5-4-6-8-16)9-11-18(21)17-10-12-19(22-2)20(14-17)23-3/h4-14H,1-3H3/b11-9+,15-13-. The summed E-state index contributed by atoms with van der Waals surface area (Å²) in [6.45, 7) is 1.96. The third kappa shape index (κ3) is 4.58. The second-order valence-electron chi connectivity index (χ2n) is 5.07. The van der Waals surface area contributed by atoms with E-state index in [4.69, 9.17) is 9.47 Å². The summed E-state index contributed by atoms with van der Waals surface area (Å²) < 4.78 is 10.4. The normalized spacial score (nSPS) is 11.5. The lowest BCUT2D eigenvalue weighted by molar-refractivity contribution is 0.104. The van der Waals surface area contributed by atoms with E-state index in [0.29, 0.717) is 17.1 Å². The number of methoxy groups -OCH3 is 2. The van der Waals surface area contributed by atoms with E-state index in [2.05, 4.69) is 0 Å². The fraction of sp³-hybridized carbons (Fsp3) is 0.150. The van der Waals surface area contributed by atoms with Gasteiger partial charge in [-0.3, -0.25) is 4.79 Å². The molecule has 0 saturated carbocycles. The van der Waals surface area contributed by atoms with Crippen LogP contribution in [0.15, 0.2) is 66.3 Å². The van der Waals surface area contributed by atoms with Crippen molar-refractivity contribution in [3.63, 3.8) is 0 Å². The average molecular weight is 308 g/mol. The largest absolute Gasteiger partial charge is 0.493 e. The van der Waals surface area contributed by atoms with Gasteiger partial charge in [0.25, 0.3) is 0 Å². The molecule has 0 heterocycles. The summed E-state index contributed by atoms with van der Waals surface area (Å²) in [5.41, 5.74) is 2.67. The molecule has 0 fully saturated rings. The monoisotopic (exact) mass is 308 g/mol. The molecule has 2 aromatic carbocycles. The van der Waals surface area contributed by atoms with Crippen LogP contribution in [-0.4, -0.2) is 20.0 Å². The molecule has 0 aliphatic rings. The zero-order chi connectivity index (χ0) is 16.7. The van der Waals surface area contributed by atoms with Gasteiger partial charge in [-0.2, -0.15) is 0 Å². The first-order valence-corrected chi connectivity index (χ1v) is 7.32. The predicted molar refractivity (Wildman–Crippen MR) is 93.1 cm³/mol. The molecule has 0 bridgehead atoms. The van der Waals surface area contributed by atoms with Crippen LogP contribution in [0.1, 0.15) is 22.8 Å². The molecule has 0 unspecified atom stereocenters. The minimum Gasteiger partial charge on any atom is -0.493 e. The highest BCUT2D eigenvalue weighted by atomic mass is 16.5. The smallest absolute Gasteiger partial charge is 0.185 e. The molecule has 0 saturated heterocycles. The third-order valence-electron chi connectivity index (χ3n) is 3.36. The number of carbonyl (C=O) groups excluding carboxylic acids is 1. The number of allylic oxidation sites excluding steroid dienone is 3. The van der Waals surface area contributed by atoms with Crippen LogP contribution in [0.4, 0.5) is 0 Å². The van der Waals surface area contributed by atoms with Crippen molar-refractivity contribution in [2.24, 2.45) is 0 Å². The van der Waals surface area contributed by atoms with Crippen LogP contribution in [0.3, 0.4) is 0 Å². The van der Waals surface area contributed by atoms with Crippen LogP contribution in [0.25, 0.3) is 6.08 Å². The maximum absolute atomic E-state index is 12.3. The summed E-state index contributed by atoms with van der Waals surface area (Å²) in [6.07, 6.45) is 5.40. The first-order valence-electron chi connectivity index (χ1n) is 7.32. The molecule has 3 nitrogen and oxygen atoms in total. The molecular weight excluding hydrogens is 288 g/mol. The van der Waals surface area contributed by atoms with Crippen LogP contribution < -0.4 is 9.47 Å². The quantitative estimate of drug-likeness (QED) is 0.446. The summed E-state index contributed by atoms with van der Waals surface area (Å²) in [6, 6.07) is 15.1. The molecule has 2 aromatic rings. The minimum absolute atomic E-state index is 0.0771. The number of ether oxygens (including phenoxy) is 2. The molecule has 3 heteroatoms. The Bertz CT molecular complexity index is 728. The van der Waals surface area contributed by atoms with Gasteiger partial charge < -0.3 is 9.47 Å². The van der Waals surface area contributed by atoms with Crippen molar-refractivity contribution >= 4 is 11.9 Å². The topological polar surface area (TPSA) is 35.5 Å². The zero-order valence-corrected chi connectivity index (χ0v) is 13.6. The van der Waals surface area contributed by atoms with Gasteiger partial charge in [-0.15, -0.1) is 0 Å². The molecule has 23 heavy (non-hydrogen) atoms. The van der Waals surface area contributed by atoms with Gasteiger partial charge in [0.2, 0.25) is 0 Å².